The number of ether oxygens (including phenoxy) is 1. The van der Waals surface area contributed by atoms with E-state index < -0.39 is 23.6 Å². The van der Waals surface area contributed by atoms with Gasteiger partial charge in [-0.25, -0.2) is 0 Å². The fraction of sp³-hybridized carbons (Fsp3) is 0.323. The van der Waals surface area contributed by atoms with Gasteiger partial charge in [0.15, 0.2) is 0 Å². The summed E-state index contributed by atoms with van der Waals surface area (Å²) in [4.78, 5) is 40.9. The molecule has 222 valence electrons. The molecule has 1 saturated heterocycles. The number of aromatic nitrogens is 1. The Bertz CT molecular complexity index is 1570. The zero-order chi connectivity index (χ0) is 30.6. The molecule has 1 aliphatic heterocycles. The Morgan fingerprint density at radius 3 is 2.43 bits per heavy atom. The molecule has 1 aliphatic rings. The third-order valence-electron chi connectivity index (χ3n) is 7.25. The number of carbonyl (C=O) groups excluding carboxylic acids is 2. The largest absolute Gasteiger partial charge is 0.416 e. The maximum atomic E-state index is 13.5. The molecule has 0 unspecified atom stereocenters. The Morgan fingerprint density at radius 1 is 1.07 bits per heavy atom. The van der Waals surface area contributed by atoms with Gasteiger partial charge in [0.05, 0.1) is 5.56 Å². The zero-order valence-corrected chi connectivity index (χ0v) is 23.6. The van der Waals surface area contributed by atoms with E-state index in [1.54, 1.807) is 32.9 Å². The summed E-state index contributed by atoms with van der Waals surface area (Å²) < 4.78 is 46.1. The zero-order valence-electron chi connectivity index (χ0n) is 23.6. The van der Waals surface area contributed by atoms with E-state index in [2.05, 4.69) is 27.5 Å². The Labute approximate surface area is 241 Å². The van der Waals surface area contributed by atoms with Crippen LogP contribution in [0.1, 0.15) is 51.1 Å². The summed E-state index contributed by atoms with van der Waals surface area (Å²) in [5.41, 5.74) is 2.75. The first-order valence-corrected chi connectivity index (χ1v) is 13.5. The number of nitrogens with one attached hydrogen (secondary N) is 4. The van der Waals surface area contributed by atoms with Gasteiger partial charge < -0.3 is 25.7 Å². The SMILES string of the molecule is C=CC(=O)Nc1cc(C(F)(F)F)ccc1-c1cc(NC2CCOCC2)c(C)c(C(=O)NCc2c(C)cc(C)[nH]c2=O)c1. The van der Waals surface area contributed by atoms with Crippen molar-refractivity contribution in [1.82, 2.24) is 10.3 Å². The van der Waals surface area contributed by atoms with Crippen molar-refractivity contribution in [3.8, 4) is 11.1 Å². The fourth-order valence-corrected chi connectivity index (χ4v) is 4.94. The van der Waals surface area contributed by atoms with Crippen molar-refractivity contribution in [3.05, 3.63) is 92.9 Å². The van der Waals surface area contributed by atoms with E-state index in [1.165, 1.54) is 6.07 Å². The topological polar surface area (TPSA) is 112 Å². The van der Waals surface area contributed by atoms with E-state index in [-0.39, 0.29) is 35.0 Å². The molecule has 3 aromatic rings. The average molecular weight is 583 g/mol. The summed E-state index contributed by atoms with van der Waals surface area (Å²) in [5, 5.41) is 8.74. The molecule has 2 amide bonds. The number of carbonyl (C=O) groups is 2. The number of benzene rings is 2. The number of anilines is 2. The van der Waals surface area contributed by atoms with E-state index in [0.29, 0.717) is 41.3 Å². The van der Waals surface area contributed by atoms with Crippen LogP contribution in [-0.4, -0.2) is 36.1 Å². The quantitative estimate of drug-likeness (QED) is 0.257. The van der Waals surface area contributed by atoms with Gasteiger partial charge in [-0.05, 0) is 86.7 Å². The second-order valence-corrected chi connectivity index (χ2v) is 10.3. The van der Waals surface area contributed by atoms with Crippen LogP contribution in [0.15, 0.2) is 53.8 Å². The molecular formula is C31H33F3N4O4. The molecule has 0 bridgehead atoms. The molecule has 4 N–H and O–H groups in total. The lowest BCUT2D eigenvalue weighted by Gasteiger charge is -2.26. The molecule has 0 radical (unpaired) electrons. The minimum Gasteiger partial charge on any atom is -0.382 e. The van der Waals surface area contributed by atoms with Gasteiger partial charge in [0.1, 0.15) is 0 Å². The highest BCUT2D eigenvalue weighted by Gasteiger charge is 2.31. The number of H-pyrrole nitrogens is 1. The van der Waals surface area contributed by atoms with Gasteiger partial charge in [-0.2, -0.15) is 13.2 Å². The molecule has 11 heteroatoms. The summed E-state index contributed by atoms with van der Waals surface area (Å²) in [6.07, 6.45) is -2.19. The number of pyridine rings is 1. The minimum atomic E-state index is -4.63. The normalized spacial score (nSPS) is 13.9. The third-order valence-corrected chi connectivity index (χ3v) is 7.25. The molecule has 2 aromatic carbocycles. The summed E-state index contributed by atoms with van der Waals surface area (Å²) >= 11 is 0. The molecule has 0 aliphatic carbocycles. The number of hydrogen-bond donors (Lipinski definition) is 4. The first-order valence-electron chi connectivity index (χ1n) is 13.5. The fourth-order valence-electron chi connectivity index (χ4n) is 4.94. The first-order chi connectivity index (χ1) is 19.9. The number of halogens is 3. The van der Waals surface area contributed by atoms with E-state index in [9.17, 15) is 27.6 Å². The average Bonchev–Trinajstić information content (AvgIpc) is 2.93. The van der Waals surface area contributed by atoms with Gasteiger partial charge >= 0.3 is 6.18 Å². The van der Waals surface area contributed by atoms with Crippen LogP contribution in [0, 0.1) is 20.8 Å². The van der Waals surface area contributed by atoms with Crippen LogP contribution in [0.4, 0.5) is 24.5 Å². The van der Waals surface area contributed by atoms with E-state index >= 15 is 0 Å². The standard InChI is InChI=1S/C31H33F3N4O4/c1-5-28(39)38-27-15-21(31(32,33)34)6-7-23(27)20-13-24(19(4)26(14-20)37-22-8-10-42-11-9-22)29(40)35-16-25-17(2)12-18(3)36-30(25)41/h5-7,12-15,22,37H,1,8-11,16H2,2-4H3,(H,35,40)(H,36,41)(H,38,39). The Kier molecular flexibility index (Phi) is 9.20. The number of aromatic amines is 1. The summed E-state index contributed by atoms with van der Waals surface area (Å²) in [5.74, 6) is -1.15. The highest BCUT2D eigenvalue weighted by atomic mass is 19.4. The van der Waals surface area contributed by atoms with Crippen LogP contribution < -0.4 is 21.5 Å². The molecule has 0 spiro atoms. The van der Waals surface area contributed by atoms with Gasteiger partial charge in [-0.1, -0.05) is 12.6 Å². The minimum absolute atomic E-state index is 0.0202. The van der Waals surface area contributed by atoms with Crippen molar-refractivity contribution < 1.29 is 27.5 Å². The maximum absolute atomic E-state index is 13.5. The highest BCUT2D eigenvalue weighted by Crippen LogP contribution is 2.38. The lowest BCUT2D eigenvalue weighted by atomic mass is 9.94. The molecular weight excluding hydrogens is 549 g/mol. The van der Waals surface area contributed by atoms with Crippen molar-refractivity contribution in [2.75, 3.05) is 23.8 Å². The molecule has 2 heterocycles. The highest BCUT2D eigenvalue weighted by molar-refractivity contribution is 6.03. The molecule has 1 fully saturated rings. The lowest BCUT2D eigenvalue weighted by Crippen LogP contribution is -2.30. The molecule has 42 heavy (non-hydrogen) atoms. The smallest absolute Gasteiger partial charge is 0.382 e. The number of hydrogen-bond acceptors (Lipinski definition) is 5. The van der Waals surface area contributed by atoms with E-state index in [0.717, 1.165) is 36.6 Å². The molecule has 0 saturated carbocycles. The van der Waals surface area contributed by atoms with E-state index in [4.69, 9.17) is 4.74 Å². The summed E-state index contributed by atoms with van der Waals surface area (Å²) in [6.45, 7) is 9.85. The maximum Gasteiger partial charge on any atom is 0.416 e. The predicted molar refractivity (Wildman–Crippen MR) is 156 cm³/mol. The number of alkyl halides is 3. The van der Waals surface area contributed by atoms with Gasteiger partial charge in [0.2, 0.25) is 5.91 Å². The predicted octanol–water partition coefficient (Wildman–Crippen LogP) is 5.63. The van der Waals surface area contributed by atoms with Gasteiger partial charge in [-0.15, -0.1) is 0 Å². The monoisotopic (exact) mass is 582 g/mol. The molecule has 0 atom stereocenters. The Balaban J connectivity index is 1.79. The number of amides is 2. The summed E-state index contributed by atoms with van der Waals surface area (Å²) in [7, 11) is 0. The van der Waals surface area contributed by atoms with Gasteiger partial charge in [0.25, 0.3) is 11.5 Å². The van der Waals surface area contributed by atoms with Crippen molar-refractivity contribution in [1.29, 1.82) is 0 Å². The van der Waals surface area contributed by atoms with Crippen LogP contribution in [-0.2, 0) is 22.3 Å². The van der Waals surface area contributed by atoms with Crippen LogP contribution >= 0.6 is 0 Å². The van der Waals surface area contributed by atoms with Crippen molar-refractivity contribution in [3.63, 3.8) is 0 Å². The Hall–Kier alpha value is -4.38. The van der Waals surface area contributed by atoms with Crippen LogP contribution in [0.3, 0.4) is 0 Å². The van der Waals surface area contributed by atoms with Crippen LogP contribution in [0.25, 0.3) is 11.1 Å². The van der Waals surface area contributed by atoms with Crippen LogP contribution in [0.5, 0.6) is 0 Å². The number of rotatable bonds is 8. The molecule has 4 rings (SSSR count). The second kappa shape index (κ2) is 12.6. The van der Waals surface area contributed by atoms with E-state index in [1.807, 2.05) is 6.07 Å². The first kappa shape index (κ1) is 30.6. The second-order valence-electron chi connectivity index (χ2n) is 10.3. The van der Waals surface area contributed by atoms with Crippen molar-refractivity contribution in [2.24, 2.45) is 0 Å². The van der Waals surface area contributed by atoms with Crippen molar-refractivity contribution in [2.45, 2.75) is 52.4 Å². The summed E-state index contributed by atoms with van der Waals surface area (Å²) in [6, 6.07) is 8.24. The lowest BCUT2D eigenvalue weighted by molar-refractivity contribution is -0.137. The molecule has 8 nitrogen and oxygen atoms in total. The van der Waals surface area contributed by atoms with Crippen LogP contribution in [0.2, 0.25) is 0 Å². The molecule has 1 aromatic heterocycles. The third kappa shape index (κ3) is 7.09. The van der Waals surface area contributed by atoms with Gasteiger partial charge in [0, 0.05) is 59.6 Å². The van der Waals surface area contributed by atoms with Crippen molar-refractivity contribution >= 4 is 23.2 Å². The Morgan fingerprint density at radius 2 is 1.79 bits per heavy atom. The number of aryl methyl sites for hydroxylation is 2. The van der Waals surface area contributed by atoms with Gasteiger partial charge in [-0.3, -0.25) is 14.4 Å².